The van der Waals surface area contributed by atoms with E-state index in [0.29, 0.717) is 17.2 Å². The maximum Gasteiger partial charge on any atom is 0.339 e. The molecule has 0 spiro atoms. The van der Waals surface area contributed by atoms with E-state index in [1.807, 2.05) is 12.1 Å². The van der Waals surface area contributed by atoms with Crippen LogP contribution in [0.2, 0.25) is 0 Å². The molecule has 0 saturated heterocycles. The largest absolute Gasteiger partial charge is 0.478 e. The van der Waals surface area contributed by atoms with Crippen molar-refractivity contribution in [3.63, 3.8) is 0 Å². The molecule has 0 aromatic carbocycles. The number of aryl methyl sites for hydroxylation is 2. The summed E-state index contributed by atoms with van der Waals surface area (Å²) in [6.07, 6.45) is 3.59. The van der Waals surface area contributed by atoms with Gasteiger partial charge >= 0.3 is 5.97 Å². The summed E-state index contributed by atoms with van der Waals surface area (Å²) in [6, 6.07) is 4.00. The molecule has 0 atom stereocenters. The van der Waals surface area contributed by atoms with E-state index < -0.39 is 5.97 Å². The Morgan fingerprint density at radius 2 is 2.20 bits per heavy atom. The van der Waals surface area contributed by atoms with Crippen LogP contribution >= 0.6 is 11.3 Å². The van der Waals surface area contributed by atoms with Gasteiger partial charge in [-0.1, -0.05) is 20.8 Å². The molecule has 2 aromatic rings. The average molecular weight is 292 g/mol. The summed E-state index contributed by atoms with van der Waals surface area (Å²) >= 11 is 1.62. The molecule has 0 aliphatic rings. The maximum atomic E-state index is 11.4. The number of aromatic carboxylic acids is 1. The van der Waals surface area contributed by atoms with Crippen molar-refractivity contribution in [3.05, 3.63) is 28.8 Å². The molecule has 2 heterocycles. The van der Waals surface area contributed by atoms with Gasteiger partial charge in [-0.25, -0.2) is 4.79 Å². The maximum absolute atomic E-state index is 11.4. The van der Waals surface area contributed by atoms with Gasteiger partial charge in [-0.3, -0.25) is 4.68 Å². The van der Waals surface area contributed by atoms with Crippen molar-refractivity contribution in [2.45, 2.75) is 40.2 Å². The minimum Gasteiger partial charge on any atom is -0.478 e. The van der Waals surface area contributed by atoms with E-state index in [0.717, 1.165) is 24.3 Å². The number of hydrogen-bond donors (Lipinski definition) is 1. The molecule has 2 aromatic heterocycles. The van der Waals surface area contributed by atoms with E-state index in [1.165, 1.54) is 4.88 Å². The van der Waals surface area contributed by atoms with Crippen LogP contribution in [0, 0.1) is 5.92 Å². The van der Waals surface area contributed by atoms with Crippen molar-refractivity contribution < 1.29 is 9.90 Å². The van der Waals surface area contributed by atoms with Crippen LogP contribution in [0.1, 0.15) is 42.4 Å². The lowest BCUT2D eigenvalue weighted by atomic mass is 10.1. The molecule has 0 bridgehead atoms. The molecule has 0 aliphatic carbocycles. The molecule has 0 amide bonds. The Balaban J connectivity index is 2.32. The van der Waals surface area contributed by atoms with Crippen LogP contribution in [0.4, 0.5) is 0 Å². The number of carboxylic acids is 1. The molecule has 0 aliphatic heterocycles. The van der Waals surface area contributed by atoms with Crippen LogP contribution in [0.3, 0.4) is 0 Å². The van der Waals surface area contributed by atoms with E-state index in [-0.39, 0.29) is 0 Å². The minimum atomic E-state index is -0.915. The van der Waals surface area contributed by atoms with Gasteiger partial charge in [-0.2, -0.15) is 5.10 Å². The lowest BCUT2D eigenvalue weighted by molar-refractivity contribution is 0.0697. The number of rotatable bonds is 6. The first-order valence-electron chi connectivity index (χ1n) is 6.91. The molecule has 0 radical (unpaired) electrons. The molecule has 0 fully saturated rings. The molecule has 1 N–H and O–H groups in total. The Morgan fingerprint density at radius 1 is 1.45 bits per heavy atom. The Labute approximate surface area is 123 Å². The van der Waals surface area contributed by atoms with Gasteiger partial charge in [-0.15, -0.1) is 11.3 Å². The van der Waals surface area contributed by atoms with E-state index in [1.54, 1.807) is 22.2 Å². The Bertz CT molecular complexity index is 599. The number of nitrogens with zero attached hydrogens (tertiary/aromatic N) is 2. The Kier molecular flexibility index (Phi) is 4.60. The van der Waals surface area contributed by atoms with Gasteiger partial charge in [0.05, 0.1) is 4.88 Å². The highest BCUT2D eigenvalue weighted by molar-refractivity contribution is 7.15. The van der Waals surface area contributed by atoms with E-state index >= 15 is 0 Å². The van der Waals surface area contributed by atoms with Gasteiger partial charge in [0.25, 0.3) is 0 Å². The van der Waals surface area contributed by atoms with Crippen LogP contribution < -0.4 is 0 Å². The van der Waals surface area contributed by atoms with Crippen molar-refractivity contribution in [3.8, 4) is 10.6 Å². The lowest BCUT2D eigenvalue weighted by Crippen LogP contribution is -2.02. The Hall–Kier alpha value is -1.62. The monoisotopic (exact) mass is 292 g/mol. The van der Waals surface area contributed by atoms with Gasteiger partial charge in [0.1, 0.15) is 11.3 Å². The Morgan fingerprint density at radius 3 is 2.75 bits per heavy atom. The second-order valence-corrected chi connectivity index (χ2v) is 6.43. The van der Waals surface area contributed by atoms with E-state index in [9.17, 15) is 9.90 Å². The van der Waals surface area contributed by atoms with Crippen molar-refractivity contribution in [1.82, 2.24) is 9.78 Å². The summed E-state index contributed by atoms with van der Waals surface area (Å²) < 4.78 is 1.75. The fourth-order valence-corrected chi connectivity index (χ4v) is 2.91. The third-order valence-electron chi connectivity index (χ3n) is 3.17. The van der Waals surface area contributed by atoms with Crippen molar-refractivity contribution in [2.24, 2.45) is 5.92 Å². The van der Waals surface area contributed by atoms with Gasteiger partial charge in [0.15, 0.2) is 0 Å². The van der Waals surface area contributed by atoms with Crippen LogP contribution in [0.25, 0.3) is 10.6 Å². The fraction of sp³-hybridized carbons (Fsp3) is 0.467. The number of thiophene rings is 1. The van der Waals surface area contributed by atoms with Crippen LogP contribution in [0.15, 0.2) is 18.3 Å². The lowest BCUT2D eigenvalue weighted by Gasteiger charge is -2.03. The zero-order chi connectivity index (χ0) is 14.7. The number of hydrogen-bond acceptors (Lipinski definition) is 3. The van der Waals surface area contributed by atoms with Crippen molar-refractivity contribution in [2.75, 3.05) is 0 Å². The summed E-state index contributed by atoms with van der Waals surface area (Å²) in [6.45, 7) is 7.14. The van der Waals surface area contributed by atoms with Crippen LogP contribution in [-0.4, -0.2) is 20.9 Å². The summed E-state index contributed by atoms with van der Waals surface area (Å²) in [5.74, 6) is -0.341. The predicted octanol–water partition coefficient (Wildman–Crippen LogP) is 3.92. The first-order chi connectivity index (χ1) is 9.51. The summed E-state index contributed by atoms with van der Waals surface area (Å²) in [5.41, 5.74) is 0.879. The zero-order valence-electron chi connectivity index (χ0n) is 12.1. The first kappa shape index (κ1) is 14.8. The molecule has 5 heteroatoms. The summed E-state index contributed by atoms with van der Waals surface area (Å²) in [4.78, 5) is 13.6. The molecule has 2 rings (SSSR count). The highest BCUT2D eigenvalue weighted by Crippen LogP contribution is 2.30. The van der Waals surface area contributed by atoms with E-state index in [4.69, 9.17) is 0 Å². The smallest absolute Gasteiger partial charge is 0.339 e. The van der Waals surface area contributed by atoms with Gasteiger partial charge in [0.2, 0.25) is 0 Å². The normalized spacial score (nSPS) is 11.2. The number of carbonyl (C=O) groups is 1. The topological polar surface area (TPSA) is 55.1 Å². The highest BCUT2D eigenvalue weighted by atomic mass is 32.1. The third-order valence-corrected chi connectivity index (χ3v) is 4.41. The average Bonchev–Trinajstić information content (AvgIpc) is 3.02. The second kappa shape index (κ2) is 6.22. The molecular formula is C15H20N2O2S. The molecule has 108 valence electrons. The summed E-state index contributed by atoms with van der Waals surface area (Å²) in [7, 11) is 0. The van der Waals surface area contributed by atoms with Gasteiger partial charge < -0.3 is 5.11 Å². The molecule has 0 unspecified atom stereocenters. The van der Waals surface area contributed by atoms with Gasteiger partial charge in [-0.05, 0) is 30.9 Å². The first-order valence-corrected chi connectivity index (χ1v) is 7.72. The molecule has 20 heavy (non-hydrogen) atoms. The molecule has 4 nitrogen and oxygen atoms in total. The standard InChI is InChI=1S/C15H20N2O2S/c1-4-11-5-6-13(20-11)14-12(15(18)19)9-17(16-14)8-7-10(2)3/h5-6,9-10H,4,7-8H2,1-3H3,(H,18,19). The summed E-state index contributed by atoms with van der Waals surface area (Å²) in [5, 5.41) is 13.8. The highest BCUT2D eigenvalue weighted by Gasteiger charge is 2.18. The van der Waals surface area contributed by atoms with Crippen molar-refractivity contribution in [1.29, 1.82) is 0 Å². The number of aromatic nitrogens is 2. The SMILES string of the molecule is CCc1ccc(-c2nn(CCC(C)C)cc2C(=O)O)s1. The third kappa shape index (κ3) is 3.28. The molecular weight excluding hydrogens is 272 g/mol. The van der Waals surface area contributed by atoms with Crippen molar-refractivity contribution >= 4 is 17.3 Å². The fourth-order valence-electron chi connectivity index (χ4n) is 1.96. The quantitative estimate of drug-likeness (QED) is 0.878. The zero-order valence-corrected chi connectivity index (χ0v) is 12.9. The van der Waals surface area contributed by atoms with E-state index in [2.05, 4.69) is 25.9 Å². The predicted molar refractivity (Wildman–Crippen MR) is 81.3 cm³/mol. The van der Waals surface area contributed by atoms with Crippen LogP contribution in [0.5, 0.6) is 0 Å². The molecule has 0 saturated carbocycles. The minimum absolute atomic E-state index is 0.290. The number of carboxylic acid groups (broad SMARTS) is 1. The van der Waals surface area contributed by atoms with Gasteiger partial charge in [0, 0.05) is 17.6 Å². The van der Waals surface area contributed by atoms with Crippen LogP contribution in [-0.2, 0) is 13.0 Å². The second-order valence-electron chi connectivity index (χ2n) is 5.26.